The van der Waals surface area contributed by atoms with Crippen LogP contribution in [0.25, 0.3) is 11.4 Å². The first-order valence-corrected chi connectivity index (χ1v) is 9.13. The summed E-state index contributed by atoms with van der Waals surface area (Å²) in [5, 5.41) is 14.4. The molecule has 11 heteroatoms. The maximum absolute atomic E-state index is 12.1. The second kappa shape index (κ2) is 8.30. The number of nitrogens with one attached hydrogen (secondary N) is 1. The molecule has 0 unspecified atom stereocenters. The lowest BCUT2D eigenvalue weighted by Gasteiger charge is -2.09. The zero-order valence-corrected chi connectivity index (χ0v) is 15.3. The third-order valence-corrected chi connectivity index (χ3v) is 4.20. The summed E-state index contributed by atoms with van der Waals surface area (Å²) in [5.74, 6) is -0.444. The summed E-state index contributed by atoms with van der Waals surface area (Å²) < 4.78 is 40.2. The largest absolute Gasteiger partial charge is 0.573 e. The lowest BCUT2D eigenvalue weighted by atomic mass is 10.2. The number of ether oxygens (including phenoxy) is 1. The first kappa shape index (κ1) is 19.7. The van der Waals surface area contributed by atoms with E-state index >= 15 is 0 Å². The average molecular weight is 409 g/mol. The number of hydrogen-bond donors (Lipinski definition) is 1. The van der Waals surface area contributed by atoms with Crippen molar-refractivity contribution in [2.24, 2.45) is 0 Å². The molecular weight excluding hydrogens is 395 g/mol. The molecule has 7 nitrogen and oxygen atoms in total. The lowest BCUT2D eigenvalue weighted by Crippen LogP contribution is -2.20. The van der Waals surface area contributed by atoms with Crippen LogP contribution in [0.3, 0.4) is 0 Å². The number of hydrogen-bond acceptors (Lipinski definition) is 6. The van der Waals surface area contributed by atoms with Crippen LogP contribution in [0.5, 0.6) is 5.75 Å². The molecule has 0 saturated heterocycles. The molecule has 0 aliphatic carbocycles. The van der Waals surface area contributed by atoms with E-state index in [1.807, 2.05) is 30.5 Å². The van der Waals surface area contributed by atoms with Crippen molar-refractivity contribution in [1.29, 1.82) is 0 Å². The van der Waals surface area contributed by atoms with Gasteiger partial charge in [-0.1, -0.05) is 0 Å². The Morgan fingerprint density at radius 2 is 1.82 bits per heavy atom. The van der Waals surface area contributed by atoms with Crippen molar-refractivity contribution >= 4 is 23.4 Å². The molecule has 3 aromatic rings. The summed E-state index contributed by atoms with van der Waals surface area (Å²) in [6.45, 7) is -0.198. The Morgan fingerprint density at radius 3 is 2.43 bits per heavy atom. The highest BCUT2D eigenvalue weighted by molar-refractivity contribution is 7.98. The van der Waals surface area contributed by atoms with Gasteiger partial charge in [-0.3, -0.25) is 4.79 Å². The summed E-state index contributed by atoms with van der Waals surface area (Å²) in [4.78, 5) is 14.3. The second-order valence-corrected chi connectivity index (χ2v) is 6.37. The number of halogens is 3. The molecule has 146 valence electrons. The van der Waals surface area contributed by atoms with Gasteiger partial charge in [0, 0.05) is 16.1 Å². The Morgan fingerprint density at radius 1 is 1.14 bits per heavy atom. The predicted octanol–water partition coefficient (Wildman–Crippen LogP) is 3.60. The molecular formula is C17H14F3N5O2S. The van der Waals surface area contributed by atoms with Crippen LogP contribution >= 0.6 is 11.8 Å². The van der Waals surface area contributed by atoms with Crippen LogP contribution in [0.4, 0.5) is 18.9 Å². The minimum absolute atomic E-state index is 0.198. The van der Waals surface area contributed by atoms with Crippen molar-refractivity contribution in [3.63, 3.8) is 0 Å². The minimum Gasteiger partial charge on any atom is -0.406 e. The van der Waals surface area contributed by atoms with E-state index in [0.717, 1.165) is 27.4 Å². The van der Waals surface area contributed by atoms with Crippen LogP contribution < -0.4 is 10.1 Å². The minimum atomic E-state index is -4.77. The number of carbonyl (C=O) groups is 1. The van der Waals surface area contributed by atoms with E-state index in [0.29, 0.717) is 11.5 Å². The molecule has 0 bridgehead atoms. The van der Waals surface area contributed by atoms with E-state index in [-0.39, 0.29) is 12.3 Å². The molecule has 0 spiro atoms. The predicted molar refractivity (Wildman–Crippen MR) is 96.8 cm³/mol. The number of alkyl halides is 3. The van der Waals surface area contributed by atoms with Gasteiger partial charge in [0.2, 0.25) is 11.7 Å². The number of carbonyl (C=O) groups excluding carboxylic acids is 1. The summed E-state index contributed by atoms with van der Waals surface area (Å²) in [7, 11) is 0. The van der Waals surface area contributed by atoms with Crippen molar-refractivity contribution in [3.8, 4) is 17.1 Å². The quantitative estimate of drug-likeness (QED) is 0.627. The summed E-state index contributed by atoms with van der Waals surface area (Å²) in [6.07, 6.45) is -2.80. The SMILES string of the molecule is CSc1ccc(-c2nnn(CC(=O)Nc3ccc(OC(F)(F)F)cc3)n2)cc1. The first-order valence-electron chi connectivity index (χ1n) is 7.90. The van der Waals surface area contributed by atoms with E-state index in [9.17, 15) is 18.0 Å². The number of tetrazole rings is 1. The van der Waals surface area contributed by atoms with Gasteiger partial charge in [0.05, 0.1) is 0 Å². The van der Waals surface area contributed by atoms with Crippen LogP contribution in [0, 0.1) is 0 Å². The van der Waals surface area contributed by atoms with Gasteiger partial charge < -0.3 is 10.1 Å². The molecule has 0 aliphatic rings. The van der Waals surface area contributed by atoms with Gasteiger partial charge >= 0.3 is 6.36 Å². The van der Waals surface area contributed by atoms with Crippen molar-refractivity contribution in [1.82, 2.24) is 20.2 Å². The van der Waals surface area contributed by atoms with Crippen molar-refractivity contribution < 1.29 is 22.7 Å². The molecule has 1 aromatic heterocycles. The summed E-state index contributed by atoms with van der Waals surface area (Å²) in [5.41, 5.74) is 1.08. The molecule has 0 fully saturated rings. The monoisotopic (exact) mass is 409 g/mol. The standard InChI is InChI=1S/C17H14F3N5O2S/c1-28-14-8-2-11(3-9-14)16-22-24-25(23-16)10-15(26)21-12-4-6-13(7-5-12)27-17(18,19)20/h2-9H,10H2,1H3,(H,21,26). The summed E-state index contributed by atoms with van der Waals surface area (Å²) >= 11 is 1.61. The molecule has 1 amide bonds. The second-order valence-electron chi connectivity index (χ2n) is 5.49. The highest BCUT2D eigenvalue weighted by Gasteiger charge is 2.30. The van der Waals surface area contributed by atoms with Gasteiger partial charge in [0.1, 0.15) is 12.3 Å². The number of amides is 1. The number of thioether (sulfide) groups is 1. The smallest absolute Gasteiger partial charge is 0.406 e. The van der Waals surface area contributed by atoms with Gasteiger partial charge in [-0.05, 0) is 60.0 Å². The van der Waals surface area contributed by atoms with E-state index < -0.39 is 12.3 Å². The fourth-order valence-corrected chi connectivity index (χ4v) is 2.64. The molecule has 1 N–H and O–H groups in total. The number of benzene rings is 2. The molecule has 0 saturated carbocycles. The highest BCUT2D eigenvalue weighted by Crippen LogP contribution is 2.24. The molecule has 0 radical (unpaired) electrons. The van der Waals surface area contributed by atoms with Crippen LogP contribution in [0.15, 0.2) is 53.4 Å². The van der Waals surface area contributed by atoms with Crippen LogP contribution in [-0.4, -0.2) is 38.7 Å². The number of aromatic nitrogens is 4. The molecule has 1 heterocycles. The first-order chi connectivity index (χ1) is 13.3. The Labute approximate surface area is 161 Å². The fraction of sp³-hybridized carbons (Fsp3) is 0.176. The van der Waals surface area contributed by atoms with E-state index in [1.165, 1.54) is 12.1 Å². The number of nitrogens with zero attached hydrogens (tertiary/aromatic N) is 4. The van der Waals surface area contributed by atoms with Crippen LogP contribution in [0.1, 0.15) is 0 Å². The van der Waals surface area contributed by atoms with E-state index in [1.54, 1.807) is 11.8 Å². The molecule has 0 atom stereocenters. The molecule has 0 aliphatic heterocycles. The Balaban J connectivity index is 1.58. The van der Waals surface area contributed by atoms with Crippen molar-refractivity contribution in [3.05, 3.63) is 48.5 Å². The lowest BCUT2D eigenvalue weighted by molar-refractivity contribution is -0.274. The number of anilines is 1. The van der Waals surface area contributed by atoms with Gasteiger partial charge in [-0.2, -0.15) is 4.80 Å². The zero-order valence-electron chi connectivity index (χ0n) is 14.5. The Bertz CT molecular complexity index is 943. The van der Waals surface area contributed by atoms with E-state index in [2.05, 4.69) is 25.5 Å². The highest BCUT2D eigenvalue weighted by atomic mass is 32.2. The van der Waals surface area contributed by atoms with E-state index in [4.69, 9.17) is 0 Å². The Hall–Kier alpha value is -3.08. The van der Waals surface area contributed by atoms with Crippen molar-refractivity contribution in [2.75, 3.05) is 11.6 Å². The van der Waals surface area contributed by atoms with Crippen LogP contribution in [0.2, 0.25) is 0 Å². The van der Waals surface area contributed by atoms with Gasteiger partial charge in [0.25, 0.3) is 0 Å². The van der Waals surface area contributed by atoms with Crippen molar-refractivity contribution in [2.45, 2.75) is 17.8 Å². The topological polar surface area (TPSA) is 81.9 Å². The summed E-state index contributed by atoms with van der Waals surface area (Å²) in [6, 6.07) is 12.4. The molecule has 2 aromatic carbocycles. The van der Waals surface area contributed by atoms with Gasteiger partial charge in [-0.15, -0.1) is 35.1 Å². The average Bonchev–Trinajstić information content (AvgIpc) is 3.10. The maximum Gasteiger partial charge on any atom is 0.573 e. The maximum atomic E-state index is 12.1. The van der Waals surface area contributed by atoms with Crippen LogP contribution in [-0.2, 0) is 11.3 Å². The fourth-order valence-electron chi connectivity index (χ4n) is 2.23. The van der Waals surface area contributed by atoms with Gasteiger partial charge in [-0.25, -0.2) is 0 Å². The third-order valence-electron chi connectivity index (χ3n) is 3.46. The molecule has 3 rings (SSSR count). The third kappa shape index (κ3) is 5.46. The normalized spacial score (nSPS) is 11.3. The molecule has 28 heavy (non-hydrogen) atoms. The Kier molecular flexibility index (Phi) is 5.83. The zero-order chi connectivity index (χ0) is 20.1. The van der Waals surface area contributed by atoms with Gasteiger partial charge in [0.15, 0.2) is 0 Å². The number of rotatable bonds is 6.